The molecular weight excluding hydrogens is 376 g/mol. The molecule has 0 bridgehead atoms. The summed E-state index contributed by atoms with van der Waals surface area (Å²) >= 11 is 1.82. The molecule has 0 N–H and O–H groups in total. The summed E-state index contributed by atoms with van der Waals surface area (Å²) in [5.41, 5.74) is 3.78. The maximum absolute atomic E-state index is 12.2. The molecule has 148 valence electrons. The fourth-order valence-corrected chi connectivity index (χ4v) is 4.68. The van der Waals surface area contributed by atoms with E-state index in [0.29, 0.717) is 5.56 Å². The molecule has 3 heteroatoms. The second kappa shape index (κ2) is 9.06. The number of allylic oxidation sites excluding steroid dienone is 1. The first kappa shape index (κ1) is 20.8. The minimum atomic E-state index is -0.315. The van der Waals surface area contributed by atoms with Crippen LogP contribution < -0.4 is 0 Å². The molecular formula is C26H26O2S. The second-order valence-corrected chi connectivity index (χ2v) is 7.74. The molecule has 0 saturated heterocycles. The Bertz CT molecular complexity index is 1200. The number of fused-ring (bicyclic) bond motifs is 3. The lowest BCUT2D eigenvalue weighted by Crippen LogP contribution is -2.03. The van der Waals surface area contributed by atoms with Crippen LogP contribution in [0.15, 0.2) is 60.7 Å². The van der Waals surface area contributed by atoms with Crippen LogP contribution in [-0.4, -0.2) is 13.1 Å². The highest BCUT2D eigenvalue weighted by Crippen LogP contribution is 2.39. The van der Waals surface area contributed by atoms with Gasteiger partial charge in [-0.1, -0.05) is 62.4 Å². The molecule has 0 aliphatic carbocycles. The number of ether oxygens (including phenoxy) is 1. The van der Waals surface area contributed by atoms with E-state index in [2.05, 4.69) is 49.4 Å². The minimum absolute atomic E-state index is 0.315. The third-order valence-corrected chi connectivity index (χ3v) is 5.96. The number of hydrogen-bond acceptors (Lipinski definition) is 3. The zero-order valence-corrected chi connectivity index (χ0v) is 18.4. The SMILES string of the molecule is C/C=C\c1c(C)sc2ccc3ccc(-c4ccccc4C(=O)OC)cc3c12.CC. The largest absolute Gasteiger partial charge is 0.465 e. The molecule has 3 aromatic carbocycles. The van der Waals surface area contributed by atoms with Gasteiger partial charge in [0.1, 0.15) is 0 Å². The van der Waals surface area contributed by atoms with Crippen molar-refractivity contribution in [2.75, 3.05) is 7.11 Å². The fourth-order valence-electron chi connectivity index (χ4n) is 3.62. The van der Waals surface area contributed by atoms with Gasteiger partial charge >= 0.3 is 5.97 Å². The Morgan fingerprint density at radius 3 is 2.48 bits per heavy atom. The van der Waals surface area contributed by atoms with Crippen LogP contribution in [0.5, 0.6) is 0 Å². The van der Waals surface area contributed by atoms with Crippen molar-refractivity contribution in [2.45, 2.75) is 27.7 Å². The van der Waals surface area contributed by atoms with E-state index in [4.69, 9.17) is 4.74 Å². The van der Waals surface area contributed by atoms with Crippen LogP contribution in [0.2, 0.25) is 0 Å². The van der Waals surface area contributed by atoms with Crippen molar-refractivity contribution in [1.29, 1.82) is 0 Å². The van der Waals surface area contributed by atoms with Crippen molar-refractivity contribution >= 4 is 44.2 Å². The summed E-state index contributed by atoms with van der Waals surface area (Å²) in [5, 5.41) is 3.69. The van der Waals surface area contributed by atoms with E-state index in [9.17, 15) is 4.79 Å². The van der Waals surface area contributed by atoms with Gasteiger partial charge in [0.15, 0.2) is 0 Å². The Morgan fingerprint density at radius 2 is 1.76 bits per heavy atom. The molecule has 0 amide bonds. The van der Waals surface area contributed by atoms with Crippen LogP contribution in [0, 0.1) is 6.92 Å². The van der Waals surface area contributed by atoms with E-state index >= 15 is 0 Å². The van der Waals surface area contributed by atoms with Crippen LogP contribution in [0.3, 0.4) is 0 Å². The molecule has 1 heterocycles. The molecule has 0 saturated carbocycles. The zero-order valence-electron chi connectivity index (χ0n) is 17.6. The fraction of sp³-hybridized carbons (Fsp3) is 0.192. The number of benzene rings is 3. The average molecular weight is 403 g/mol. The van der Waals surface area contributed by atoms with Crippen molar-refractivity contribution in [1.82, 2.24) is 0 Å². The second-order valence-electron chi connectivity index (χ2n) is 6.48. The van der Waals surface area contributed by atoms with Gasteiger partial charge in [0, 0.05) is 15.0 Å². The third-order valence-electron chi connectivity index (χ3n) is 4.87. The molecule has 1 aromatic heterocycles. The predicted octanol–water partition coefficient (Wildman–Crippen LogP) is 7.88. The first-order chi connectivity index (χ1) is 14.1. The molecule has 0 atom stereocenters. The summed E-state index contributed by atoms with van der Waals surface area (Å²) in [6.45, 7) is 8.22. The molecule has 4 aromatic rings. The molecule has 0 aliphatic heterocycles. The first-order valence-corrected chi connectivity index (χ1v) is 10.7. The summed E-state index contributed by atoms with van der Waals surface area (Å²) in [6, 6.07) is 18.4. The van der Waals surface area contributed by atoms with Gasteiger partial charge in [-0.25, -0.2) is 4.79 Å². The van der Waals surface area contributed by atoms with Gasteiger partial charge in [-0.05, 0) is 59.5 Å². The van der Waals surface area contributed by atoms with Gasteiger partial charge < -0.3 is 4.74 Å². The van der Waals surface area contributed by atoms with Crippen molar-refractivity contribution < 1.29 is 9.53 Å². The number of methoxy groups -OCH3 is 1. The number of aryl methyl sites for hydroxylation is 1. The lowest BCUT2D eigenvalue weighted by Gasteiger charge is -2.10. The van der Waals surface area contributed by atoms with E-state index in [1.165, 1.54) is 38.4 Å². The van der Waals surface area contributed by atoms with Crippen LogP contribution >= 0.6 is 11.3 Å². The molecule has 29 heavy (non-hydrogen) atoms. The number of carbonyl (C=O) groups excluding carboxylic acids is 1. The minimum Gasteiger partial charge on any atom is -0.465 e. The van der Waals surface area contributed by atoms with E-state index in [0.717, 1.165) is 11.1 Å². The van der Waals surface area contributed by atoms with E-state index < -0.39 is 0 Å². The molecule has 0 spiro atoms. The molecule has 4 rings (SSSR count). The summed E-state index contributed by atoms with van der Waals surface area (Å²) in [5.74, 6) is -0.315. The van der Waals surface area contributed by atoms with E-state index in [1.807, 2.05) is 56.4 Å². The highest BCUT2D eigenvalue weighted by atomic mass is 32.1. The summed E-state index contributed by atoms with van der Waals surface area (Å²) < 4.78 is 6.25. The van der Waals surface area contributed by atoms with E-state index in [-0.39, 0.29) is 5.97 Å². The maximum atomic E-state index is 12.2. The number of esters is 1. The van der Waals surface area contributed by atoms with Gasteiger partial charge in [-0.2, -0.15) is 0 Å². The smallest absolute Gasteiger partial charge is 0.338 e. The van der Waals surface area contributed by atoms with Crippen LogP contribution in [0.1, 0.15) is 41.6 Å². The zero-order chi connectivity index (χ0) is 21.0. The Balaban J connectivity index is 0.00000117. The van der Waals surface area contributed by atoms with Crippen LogP contribution in [-0.2, 0) is 4.74 Å². The highest BCUT2D eigenvalue weighted by Gasteiger charge is 2.15. The lowest BCUT2D eigenvalue weighted by molar-refractivity contribution is 0.0601. The highest BCUT2D eigenvalue weighted by molar-refractivity contribution is 7.19. The molecule has 0 fully saturated rings. The molecule has 0 aliphatic rings. The number of thiophene rings is 1. The predicted molar refractivity (Wildman–Crippen MR) is 127 cm³/mol. The summed E-state index contributed by atoms with van der Waals surface area (Å²) in [6.07, 6.45) is 4.27. The van der Waals surface area contributed by atoms with Crippen molar-refractivity contribution in [3.05, 3.63) is 76.7 Å². The monoisotopic (exact) mass is 402 g/mol. The normalized spacial score (nSPS) is 10.9. The molecule has 0 unspecified atom stereocenters. The number of carbonyl (C=O) groups is 1. The maximum Gasteiger partial charge on any atom is 0.338 e. The van der Waals surface area contributed by atoms with Gasteiger partial charge in [-0.3, -0.25) is 0 Å². The standard InChI is InChI=1S/C24H20O2S.C2H6/c1-4-7-18-15(2)27-22-13-12-16-10-11-17(14-21(16)23(18)22)19-8-5-6-9-20(19)24(25)26-3;1-2/h4-14H,1-3H3;1-2H3/b7-4-;. The van der Waals surface area contributed by atoms with Crippen molar-refractivity contribution in [2.24, 2.45) is 0 Å². The third kappa shape index (κ3) is 3.83. The number of hydrogen-bond donors (Lipinski definition) is 0. The van der Waals surface area contributed by atoms with Gasteiger partial charge in [0.05, 0.1) is 12.7 Å². The number of rotatable bonds is 3. The van der Waals surface area contributed by atoms with Crippen molar-refractivity contribution in [3.8, 4) is 11.1 Å². The van der Waals surface area contributed by atoms with Crippen LogP contribution in [0.25, 0.3) is 38.1 Å². The molecule has 2 nitrogen and oxygen atoms in total. The Hall–Kier alpha value is -2.91. The molecule has 0 radical (unpaired) electrons. The van der Waals surface area contributed by atoms with Gasteiger partial charge in [0.2, 0.25) is 0 Å². The quantitative estimate of drug-likeness (QED) is 0.326. The Labute approximate surface area is 176 Å². The van der Waals surface area contributed by atoms with Crippen molar-refractivity contribution in [3.63, 3.8) is 0 Å². The van der Waals surface area contributed by atoms with E-state index in [1.54, 1.807) is 0 Å². The summed E-state index contributed by atoms with van der Waals surface area (Å²) in [4.78, 5) is 13.5. The van der Waals surface area contributed by atoms with Gasteiger partial charge in [-0.15, -0.1) is 11.3 Å². The van der Waals surface area contributed by atoms with Gasteiger partial charge in [0.25, 0.3) is 0 Å². The lowest BCUT2D eigenvalue weighted by atomic mass is 9.95. The topological polar surface area (TPSA) is 26.3 Å². The Kier molecular flexibility index (Phi) is 6.50. The van der Waals surface area contributed by atoms with Crippen LogP contribution in [0.4, 0.5) is 0 Å². The average Bonchev–Trinajstić information content (AvgIpc) is 3.10. The summed E-state index contributed by atoms with van der Waals surface area (Å²) in [7, 11) is 1.42. The Morgan fingerprint density at radius 1 is 1.03 bits per heavy atom. The first-order valence-electron chi connectivity index (χ1n) is 9.90.